The largest absolute Gasteiger partial charge is 0.369 e. The number of carbonyl (C=O) groups excluding carboxylic acids is 1. The lowest BCUT2D eigenvalue weighted by Gasteiger charge is -2.34. The third-order valence-corrected chi connectivity index (χ3v) is 5.95. The van der Waals surface area contributed by atoms with Gasteiger partial charge in [-0.25, -0.2) is 4.98 Å². The van der Waals surface area contributed by atoms with Crippen molar-refractivity contribution in [2.75, 3.05) is 26.3 Å². The number of rotatable bonds is 4. The minimum atomic E-state index is -0.245. The number of thiophene rings is 1. The molecule has 0 radical (unpaired) electrons. The molecule has 7 heteroatoms. The molecule has 0 aromatic carbocycles. The van der Waals surface area contributed by atoms with Crippen molar-refractivity contribution in [3.05, 3.63) is 40.6 Å². The molecule has 25 heavy (non-hydrogen) atoms. The van der Waals surface area contributed by atoms with Gasteiger partial charge >= 0.3 is 0 Å². The fraction of sp³-hybridized carbons (Fsp3) is 0.556. The second-order valence-corrected chi connectivity index (χ2v) is 7.40. The summed E-state index contributed by atoms with van der Waals surface area (Å²) in [5.41, 5.74) is 0. The first-order valence-corrected chi connectivity index (χ1v) is 9.72. The number of hydrogen-bond donors (Lipinski definition) is 0. The minimum absolute atomic E-state index is 0.0175. The highest BCUT2D eigenvalue weighted by Crippen LogP contribution is 2.36. The van der Waals surface area contributed by atoms with Crippen molar-refractivity contribution in [1.29, 1.82) is 0 Å². The summed E-state index contributed by atoms with van der Waals surface area (Å²) in [4.78, 5) is 20.7. The van der Waals surface area contributed by atoms with Crippen LogP contribution in [0.4, 0.5) is 0 Å². The summed E-state index contributed by atoms with van der Waals surface area (Å²) in [7, 11) is 0. The average molecular weight is 361 g/mol. The van der Waals surface area contributed by atoms with Gasteiger partial charge in [0.15, 0.2) is 0 Å². The van der Waals surface area contributed by atoms with E-state index in [0.29, 0.717) is 26.3 Å². The summed E-state index contributed by atoms with van der Waals surface area (Å²) in [6.45, 7) is 5.35. The van der Waals surface area contributed by atoms with E-state index in [2.05, 4.69) is 22.5 Å². The van der Waals surface area contributed by atoms with Crippen molar-refractivity contribution < 1.29 is 14.3 Å². The van der Waals surface area contributed by atoms with E-state index < -0.39 is 0 Å². The Morgan fingerprint density at radius 3 is 3.12 bits per heavy atom. The molecule has 0 N–H and O–H groups in total. The van der Waals surface area contributed by atoms with E-state index in [1.807, 2.05) is 22.5 Å². The number of imidazole rings is 1. The fourth-order valence-electron chi connectivity index (χ4n) is 3.67. The molecule has 134 valence electrons. The second kappa shape index (κ2) is 7.27. The van der Waals surface area contributed by atoms with Gasteiger partial charge in [-0.3, -0.25) is 4.79 Å². The Kier molecular flexibility index (Phi) is 4.87. The van der Waals surface area contributed by atoms with Crippen molar-refractivity contribution >= 4 is 17.2 Å². The molecule has 0 saturated carbocycles. The van der Waals surface area contributed by atoms with E-state index in [0.717, 1.165) is 18.8 Å². The maximum atomic E-state index is 13.2. The van der Waals surface area contributed by atoms with Crippen LogP contribution in [-0.4, -0.2) is 46.7 Å². The molecule has 2 aromatic heterocycles. The Morgan fingerprint density at radius 2 is 2.32 bits per heavy atom. The van der Waals surface area contributed by atoms with Gasteiger partial charge in [0.2, 0.25) is 5.91 Å². The van der Waals surface area contributed by atoms with Crippen LogP contribution in [0.25, 0.3) is 0 Å². The SMILES string of the molecule is CCn1ccnc1[C@@H]1OCC[C@H]1C(=O)N1CCOC(c2cccs2)C1. The minimum Gasteiger partial charge on any atom is -0.369 e. The van der Waals surface area contributed by atoms with Crippen molar-refractivity contribution in [3.8, 4) is 0 Å². The zero-order valence-corrected chi connectivity index (χ0v) is 15.2. The lowest BCUT2D eigenvalue weighted by molar-refractivity contribution is -0.145. The van der Waals surface area contributed by atoms with E-state index in [9.17, 15) is 4.79 Å². The zero-order chi connectivity index (χ0) is 17.2. The molecule has 2 aliphatic rings. The monoisotopic (exact) mass is 361 g/mol. The molecule has 4 rings (SSSR count). The van der Waals surface area contributed by atoms with Crippen molar-refractivity contribution in [3.63, 3.8) is 0 Å². The molecule has 6 nitrogen and oxygen atoms in total. The average Bonchev–Trinajstić information content (AvgIpc) is 3.41. The molecule has 1 unspecified atom stereocenters. The third-order valence-electron chi connectivity index (χ3n) is 4.99. The predicted molar refractivity (Wildman–Crippen MR) is 94.3 cm³/mol. The summed E-state index contributed by atoms with van der Waals surface area (Å²) in [5.74, 6) is 0.870. The van der Waals surface area contributed by atoms with Crippen LogP contribution in [0.1, 0.15) is 36.3 Å². The maximum Gasteiger partial charge on any atom is 0.229 e. The van der Waals surface area contributed by atoms with Crippen LogP contribution >= 0.6 is 11.3 Å². The molecule has 3 atom stereocenters. The van der Waals surface area contributed by atoms with Crippen LogP contribution < -0.4 is 0 Å². The molecule has 1 amide bonds. The molecule has 2 fully saturated rings. The van der Waals surface area contributed by atoms with Gasteiger partial charge in [0, 0.05) is 37.0 Å². The molecular weight excluding hydrogens is 338 g/mol. The summed E-state index contributed by atoms with van der Waals surface area (Å²) < 4.78 is 13.8. The van der Waals surface area contributed by atoms with Crippen LogP contribution in [0, 0.1) is 5.92 Å². The molecule has 0 bridgehead atoms. The normalized spacial score (nSPS) is 26.9. The summed E-state index contributed by atoms with van der Waals surface area (Å²) in [6.07, 6.45) is 4.21. The number of ether oxygens (including phenoxy) is 2. The van der Waals surface area contributed by atoms with Crippen LogP contribution in [0.3, 0.4) is 0 Å². The van der Waals surface area contributed by atoms with E-state index in [1.54, 1.807) is 17.5 Å². The first-order valence-electron chi connectivity index (χ1n) is 8.84. The van der Waals surface area contributed by atoms with Crippen LogP contribution in [0.15, 0.2) is 29.9 Å². The Balaban J connectivity index is 1.49. The van der Waals surface area contributed by atoms with Crippen molar-refractivity contribution in [2.45, 2.75) is 32.1 Å². The molecule has 2 saturated heterocycles. The van der Waals surface area contributed by atoms with E-state index in [-0.39, 0.29) is 24.0 Å². The van der Waals surface area contributed by atoms with Crippen LogP contribution in [-0.2, 0) is 20.8 Å². The lowest BCUT2D eigenvalue weighted by atomic mass is 9.98. The van der Waals surface area contributed by atoms with E-state index in [1.165, 1.54) is 4.88 Å². The van der Waals surface area contributed by atoms with Gasteiger partial charge in [0.1, 0.15) is 18.0 Å². The molecule has 0 aliphatic carbocycles. The van der Waals surface area contributed by atoms with Crippen LogP contribution in [0.5, 0.6) is 0 Å². The topological polar surface area (TPSA) is 56.6 Å². The second-order valence-electron chi connectivity index (χ2n) is 6.42. The van der Waals surface area contributed by atoms with Gasteiger partial charge in [0.25, 0.3) is 0 Å². The summed E-state index contributed by atoms with van der Waals surface area (Å²) in [6, 6.07) is 4.10. The Hall–Kier alpha value is -1.70. The number of aromatic nitrogens is 2. The number of morpholine rings is 1. The van der Waals surface area contributed by atoms with Gasteiger partial charge in [-0.2, -0.15) is 0 Å². The first-order chi connectivity index (χ1) is 12.3. The standard InChI is InChI=1S/C18H23N3O3S/c1-2-20-7-6-19-17(20)16-13(5-9-24-16)18(22)21-8-10-23-14(12-21)15-4-3-11-25-15/h3-4,6-7,11,13-14,16H,2,5,8-10,12H2,1H3/t13-,14?,16-/m1/s1. The van der Waals surface area contributed by atoms with Crippen LogP contribution in [0.2, 0.25) is 0 Å². The molecule has 0 spiro atoms. The van der Waals surface area contributed by atoms with Gasteiger partial charge in [-0.1, -0.05) is 6.07 Å². The summed E-state index contributed by atoms with van der Waals surface area (Å²) >= 11 is 1.68. The molecule has 2 aliphatic heterocycles. The predicted octanol–water partition coefficient (Wildman–Crippen LogP) is 2.64. The number of carbonyl (C=O) groups is 1. The zero-order valence-electron chi connectivity index (χ0n) is 14.3. The number of aryl methyl sites for hydroxylation is 1. The van der Waals surface area contributed by atoms with Gasteiger partial charge < -0.3 is 18.9 Å². The number of hydrogen-bond acceptors (Lipinski definition) is 5. The van der Waals surface area contributed by atoms with Gasteiger partial charge in [-0.15, -0.1) is 11.3 Å². The van der Waals surface area contributed by atoms with Crippen molar-refractivity contribution in [2.24, 2.45) is 5.92 Å². The molecule has 4 heterocycles. The quantitative estimate of drug-likeness (QED) is 0.840. The Morgan fingerprint density at radius 1 is 1.40 bits per heavy atom. The highest BCUT2D eigenvalue weighted by Gasteiger charge is 2.41. The van der Waals surface area contributed by atoms with E-state index in [4.69, 9.17) is 9.47 Å². The smallest absolute Gasteiger partial charge is 0.229 e. The highest BCUT2D eigenvalue weighted by molar-refractivity contribution is 7.10. The van der Waals surface area contributed by atoms with E-state index >= 15 is 0 Å². The Labute approximate surface area is 151 Å². The first kappa shape index (κ1) is 16.8. The molecule has 2 aromatic rings. The van der Waals surface area contributed by atoms with Gasteiger partial charge in [0.05, 0.1) is 19.1 Å². The lowest BCUT2D eigenvalue weighted by Crippen LogP contribution is -2.45. The third kappa shape index (κ3) is 3.23. The van der Waals surface area contributed by atoms with Crippen molar-refractivity contribution in [1.82, 2.24) is 14.5 Å². The number of amides is 1. The summed E-state index contributed by atoms with van der Waals surface area (Å²) in [5, 5.41) is 2.05. The molecular formula is C18H23N3O3S. The fourth-order valence-corrected chi connectivity index (χ4v) is 4.44. The Bertz CT molecular complexity index is 715. The highest BCUT2D eigenvalue weighted by atomic mass is 32.1. The maximum absolute atomic E-state index is 13.2. The van der Waals surface area contributed by atoms with Gasteiger partial charge in [-0.05, 0) is 24.8 Å². The number of nitrogens with zero attached hydrogens (tertiary/aromatic N) is 3.